The lowest BCUT2D eigenvalue weighted by Gasteiger charge is -2.30. The number of aliphatic carboxylic acids is 1. The molecule has 0 spiro atoms. The molecule has 1 fully saturated rings. The van der Waals surface area contributed by atoms with Crippen LogP contribution in [0, 0.1) is 0 Å². The minimum absolute atomic E-state index is 0.233. The molecule has 2 heterocycles. The van der Waals surface area contributed by atoms with Gasteiger partial charge in [-0.05, 0) is 35.7 Å². The molecule has 3 N–H and O–H groups in total. The molecule has 3 aromatic rings. The normalized spacial score (nSPS) is 14.5. The predicted octanol–water partition coefficient (Wildman–Crippen LogP) is 3.66. The molecule has 162 valence electrons. The SMILES string of the molecule is COC1CCN(c2nc(NCC(=O)O)c(C(=O)Nc3ccc4ccccc4c3)s2)CC1. The Morgan fingerprint density at radius 3 is 2.65 bits per heavy atom. The van der Waals surface area contributed by atoms with E-state index in [1.165, 1.54) is 11.3 Å². The van der Waals surface area contributed by atoms with Crippen molar-refractivity contribution in [2.75, 3.05) is 42.3 Å². The summed E-state index contributed by atoms with van der Waals surface area (Å²) in [4.78, 5) is 31.1. The smallest absolute Gasteiger partial charge is 0.322 e. The summed E-state index contributed by atoms with van der Waals surface area (Å²) in [5, 5.41) is 17.5. The van der Waals surface area contributed by atoms with Crippen LogP contribution >= 0.6 is 11.3 Å². The standard InChI is InChI=1S/C22H24N4O4S/c1-30-17-8-10-26(11-9-17)22-25-20(23-13-18(27)28)19(31-22)21(29)24-16-7-6-14-4-2-3-5-15(14)12-16/h2-7,12,17,23H,8-11,13H2,1H3,(H,24,29)(H,27,28). The molecule has 0 aliphatic carbocycles. The number of ether oxygens (including phenoxy) is 1. The molecule has 1 aromatic heterocycles. The van der Waals surface area contributed by atoms with Gasteiger partial charge in [0.15, 0.2) is 10.9 Å². The molecule has 0 atom stereocenters. The van der Waals surface area contributed by atoms with Gasteiger partial charge in [0.2, 0.25) is 0 Å². The zero-order valence-corrected chi connectivity index (χ0v) is 17.9. The molecular weight excluding hydrogens is 416 g/mol. The molecule has 0 bridgehead atoms. The monoisotopic (exact) mass is 440 g/mol. The van der Waals surface area contributed by atoms with Gasteiger partial charge in [-0.1, -0.05) is 41.7 Å². The number of amides is 1. The average molecular weight is 441 g/mol. The van der Waals surface area contributed by atoms with Crippen molar-refractivity contribution in [1.82, 2.24) is 4.98 Å². The van der Waals surface area contributed by atoms with Crippen LogP contribution in [0.15, 0.2) is 42.5 Å². The number of rotatable bonds is 7. The Bertz CT molecular complexity index is 1090. The number of hydrogen-bond acceptors (Lipinski definition) is 7. The molecule has 2 aromatic carbocycles. The van der Waals surface area contributed by atoms with Gasteiger partial charge in [0, 0.05) is 25.9 Å². The second kappa shape index (κ2) is 9.32. The van der Waals surface area contributed by atoms with Crippen molar-refractivity contribution in [3.8, 4) is 0 Å². The topological polar surface area (TPSA) is 104 Å². The number of hydrogen-bond donors (Lipinski definition) is 3. The minimum atomic E-state index is -1.02. The average Bonchev–Trinajstić information content (AvgIpc) is 3.22. The third kappa shape index (κ3) is 4.95. The number of aromatic nitrogens is 1. The van der Waals surface area contributed by atoms with Crippen molar-refractivity contribution >= 4 is 50.6 Å². The Balaban J connectivity index is 1.56. The Morgan fingerprint density at radius 1 is 1.19 bits per heavy atom. The second-order valence-electron chi connectivity index (χ2n) is 7.36. The highest BCUT2D eigenvalue weighted by molar-refractivity contribution is 7.18. The van der Waals surface area contributed by atoms with Gasteiger partial charge < -0.3 is 25.4 Å². The number of anilines is 3. The van der Waals surface area contributed by atoms with Crippen molar-refractivity contribution in [2.24, 2.45) is 0 Å². The van der Waals surface area contributed by atoms with Gasteiger partial charge in [-0.2, -0.15) is 0 Å². The number of thiazole rings is 1. The maximum Gasteiger partial charge on any atom is 0.322 e. The van der Waals surface area contributed by atoms with E-state index in [9.17, 15) is 9.59 Å². The molecule has 0 saturated carbocycles. The fourth-order valence-electron chi connectivity index (χ4n) is 3.61. The third-order valence-electron chi connectivity index (χ3n) is 5.28. The summed E-state index contributed by atoms with van der Waals surface area (Å²) >= 11 is 1.26. The first-order chi connectivity index (χ1) is 15.0. The largest absolute Gasteiger partial charge is 0.480 e. The van der Waals surface area contributed by atoms with Crippen molar-refractivity contribution < 1.29 is 19.4 Å². The molecule has 1 saturated heterocycles. The van der Waals surface area contributed by atoms with Gasteiger partial charge >= 0.3 is 5.97 Å². The van der Waals surface area contributed by atoms with Gasteiger partial charge in [0.05, 0.1) is 6.10 Å². The number of carbonyl (C=O) groups excluding carboxylic acids is 1. The number of benzene rings is 2. The van der Waals surface area contributed by atoms with Gasteiger partial charge in [0.25, 0.3) is 5.91 Å². The summed E-state index contributed by atoms with van der Waals surface area (Å²) in [5.74, 6) is -1.05. The summed E-state index contributed by atoms with van der Waals surface area (Å²) < 4.78 is 5.42. The van der Waals surface area contributed by atoms with Crippen LogP contribution in [0.5, 0.6) is 0 Å². The number of fused-ring (bicyclic) bond motifs is 1. The van der Waals surface area contributed by atoms with Crippen molar-refractivity contribution in [1.29, 1.82) is 0 Å². The molecule has 1 aliphatic heterocycles. The van der Waals surface area contributed by atoms with Crippen LogP contribution in [0.2, 0.25) is 0 Å². The maximum atomic E-state index is 13.0. The van der Waals surface area contributed by atoms with E-state index in [2.05, 4.69) is 20.5 Å². The molecule has 9 heteroatoms. The maximum absolute atomic E-state index is 13.0. The summed E-state index contributed by atoms with van der Waals surface area (Å²) in [6.45, 7) is 1.23. The zero-order valence-electron chi connectivity index (χ0n) is 17.1. The van der Waals surface area contributed by atoms with E-state index in [-0.39, 0.29) is 24.4 Å². The molecule has 4 rings (SSSR count). The lowest BCUT2D eigenvalue weighted by Crippen LogP contribution is -2.36. The molecule has 1 aliphatic rings. The van der Waals surface area contributed by atoms with Crippen molar-refractivity contribution in [3.63, 3.8) is 0 Å². The van der Waals surface area contributed by atoms with Crippen LogP contribution in [0.3, 0.4) is 0 Å². The van der Waals surface area contributed by atoms with Gasteiger partial charge in [-0.15, -0.1) is 0 Å². The van der Waals surface area contributed by atoms with Crippen LogP contribution < -0.4 is 15.5 Å². The summed E-state index contributed by atoms with van der Waals surface area (Å²) in [6, 6.07) is 13.6. The minimum Gasteiger partial charge on any atom is -0.480 e. The van der Waals surface area contributed by atoms with Crippen molar-refractivity contribution in [2.45, 2.75) is 18.9 Å². The summed E-state index contributed by atoms with van der Waals surface area (Å²) in [7, 11) is 1.72. The predicted molar refractivity (Wildman–Crippen MR) is 122 cm³/mol. The lowest BCUT2D eigenvalue weighted by atomic mass is 10.1. The van der Waals surface area contributed by atoms with Crippen LogP contribution in [0.4, 0.5) is 16.6 Å². The first kappa shape index (κ1) is 21.1. The van der Waals surface area contributed by atoms with E-state index in [4.69, 9.17) is 9.84 Å². The van der Waals surface area contributed by atoms with E-state index < -0.39 is 5.97 Å². The van der Waals surface area contributed by atoms with Gasteiger partial charge in [-0.25, -0.2) is 4.98 Å². The molecule has 0 radical (unpaired) electrons. The summed E-state index contributed by atoms with van der Waals surface area (Å²) in [6.07, 6.45) is 2.00. The van der Waals surface area contributed by atoms with Gasteiger partial charge in [-0.3, -0.25) is 9.59 Å². The Hall–Kier alpha value is -3.17. The molecule has 0 unspecified atom stereocenters. The van der Waals surface area contributed by atoms with Crippen LogP contribution in [0.1, 0.15) is 22.5 Å². The first-order valence-electron chi connectivity index (χ1n) is 10.1. The number of piperidine rings is 1. The fourth-order valence-corrected chi connectivity index (χ4v) is 4.60. The van der Waals surface area contributed by atoms with E-state index in [0.29, 0.717) is 15.7 Å². The molecular formula is C22H24N4O4S. The summed E-state index contributed by atoms with van der Waals surface area (Å²) in [5.41, 5.74) is 0.670. The molecule has 31 heavy (non-hydrogen) atoms. The third-order valence-corrected chi connectivity index (χ3v) is 6.40. The fraction of sp³-hybridized carbons (Fsp3) is 0.318. The number of nitrogens with one attached hydrogen (secondary N) is 2. The number of nitrogens with zero attached hydrogens (tertiary/aromatic N) is 2. The number of methoxy groups -OCH3 is 1. The van der Waals surface area contributed by atoms with Gasteiger partial charge in [0.1, 0.15) is 11.4 Å². The number of carboxylic acids is 1. The van der Waals surface area contributed by atoms with Crippen LogP contribution in [0.25, 0.3) is 10.8 Å². The zero-order chi connectivity index (χ0) is 21.8. The van der Waals surface area contributed by atoms with E-state index in [1.807, 2.05) is 42.5 Å². The molecule has 8 nitrogen and oxygen atoms in total. The quantitative estimate of drug-likeness (QED) is 0.515. The van der Waals surface area contributed by atoms with Crippen LogP contribution in [-0.2, 0) is 9.53 Å². The van der Waals surface area contributed by atoms with E-state index >= 15 is 0 Å². The highest BCUT2D eigenvalue weighted by atomic mass is 32.1. The highest BCUT2D eigenvalue weighted by Gasteiger charge is 2.25. The number of carboxylic acid groups (broad SMARTS) is 1. The van der Waals surface area contributed by atoms with Crippen molar-refractivity contribution in [3.05, 3.63) is 47.3 Å². The number of carbonyl (C=O) groups is 2. The Morgan fingerprint density at radius 2 is 1.94 bits per heavy atom. The first-order valence-corrected chi connectivity index (χ1v) is 10.9. The van der Waals surface area contributed by atoms with E-state index in [1.54, 1.807) is 7.11 Å². The Labute approximate surface area is 183 Å². The van der Waals surface area contributed by atoms with E-state index in [0.717, 1.165) is 36.7 Å². The highest BCUT2D eigenvalue weighted by Crippen LogP contribution is 2.33. The Kier molecular flexibility index (Phi) is 6.34. The second-order valence-corrected chi connectivity index (χ2v) is 8.34. The molecule has 1 amide bonds. The lowest BCUT2D eigenvalue weighted by molar-refractivity contribution is -0.134. The van der Waals surface area contributed by atoms with Crippen LogP contribution in [-0.4, -0.2) is 54.8 Å².